The van der Waals surface area contributed by atoms with E-state index in [1.165, 1.54) is 17.5 Å². The molecule has 1 unspecified atom stereocenters. The first kappa shape index (κ1) is 34.9. The molecule has 1 atom stereocenters. The SMILES string of the molecule is CNc1ncc(C(=O)NCCCCN2CCC(OC(=O)C(F)(F)F)C2)c2scc(COc3cccc(NC(=O)c4ccc(Cl)cc4)c3)c12. The number of carbonyl (C=O) groups is 3. The fraction of sp³-hybridized carbons (Fsp3) is 0.333. The number of unbranched alkanes of at least 4 members (excludes halogenated alkanes) is 1. The molecule has 1 aliphatic heterocycles. The van der Waals surface area contributed by atoms with Gasteiger partial charge in [-0.1, -0.05) is 17.7 Å². The molecule has 1 aliphatic rings. The van der Waals surface area contributed by atoms with Crippen LogP contribution in [0, 0.1) is 0 Å². The predicted molar refractivity (Wildman–Crippen MR) is 178 cm³/mol. The Morgan fingerprint density at radius 2 is 1.90 bits per heavy atom. The molecule has 0 spiro atoms. The summed E-state index contributed by atoms with van der Waals surface area (Å²) in [6.45, 7) is 2.01. The number of nitrogens with zero attached hydrogens (tertiary/aromatic N) is 2. The summed E-state index contributed by atoms with van der Waals surface area (Å²) in [7, 11) is 1.75. The van der Waals surface area contributed by atoms with Crippen molar-refractivity contribution in [3.63, 3.8) is 0 Å². The topological polar surface area (TPSA) is 122 Å². The van der Waals surface area contributed by atoms with Gasteiger partial charge in [0.05, 0.1) is 10.3 Å². The third-order valence-electron chi connectivity index (χ3n) is 7.67. The molecule has 3 heterocycles. The third-order valence-corrected chi connectivity index (χ3v) is 8.98. The molecule has 2 aromatic heterocycles. The van der Waals surface area contributed by atoms with Gasteiger partial charge in [-0.3, -0.25) is 14.5 Å². The van der Waals surface area contributed by atoms with E-state index in [0.717, 1.165) is 15.6 Å². The van der Waals surface area contributed by atoms with Gasteiger partial charge in [-0.25, -0.2) is 9.78 Å². The second-order valence-electron chi connectivity index (χ2n) is 11.1. The van der Waals surface area contributed by atoms with Crippen molar-refractivity contribution in [2.75, 3.05) is 43.9 Å². The number of nitrogens with one attached hydrogen (secondary N) is 3. The maximum absolute atomic E-state index is 13.1. The maximum atomic E-state index is 13.1. The van der Waals surface area contributed by atoms with Crippen LogP contribution in [0.4, 0.5) is 24.7 Å². The number of thiophene rings is 1. The predicted octanol–water partition coefficient (Wildman–Crippen LogP) is 6.51. The number of fused-ring (bicyclic) bond motifs is 1. The molecule has 254 valence electrons. The van der Waals surface area contributed by atoms with Crippen LogP contribution in [-0.4, -0.2) is 73.2 Å². The van der Waals surface area contributed by atoms with E-state index in [1.54, 1.807) is 55.6 Å². The Labute approximate surface area is 283 Å². The first-order chi connectivity index (χ1) is 23.0. The van der Waals surface area contributed by atoms with Crippen LogP contribution in [-0.2, 0) is 16.1 Å². The summed E-state index contributed by atoms with van der Waals surface area (Å²) in [5.41, 5.74) is 2.30. The third kappa shape index (κ3) is 8.94. The summed E-state index contributed by atoms with van der Waals surface area (Å²) in [5.74, 6) is -1.55. The molecule has 5 rings (SSSR count). The first-order valence-corrected chi connectivity index (χ1v) is 16.4. The summed E-state index contributed by atoms with van der Waals surface area (Å²) in [4.78, 5) is 43.3. The number of ether oxygens (including phenoxy) is 2. The minimum atomic E-state index is -4.99. The second kappa shape index (κ2) is 15.7. The van der Waals surface area contributed by atoms with E-state index in [0.29, 0.717) is 72.3 Å². The van der Waals surface area contributed by atoms with Gasteiger partial charge >= 0.3 is 12.1 Å². The molecule has 0 bridgehead atoms. The molecule has 0 saturated carbocycles. The second-order valence-corrected chi connectivity index (χ2v) is 12.4. The van der Waals surface area contributed by atoms with Crippen molar-refractivity contribution in [2.24, 2.45) is 0 Å². The Bertz CT molecular complexity index is 1770. The van der Waals surface area contributed by atoms with Gasteiger partial charge < -0.3 is 25.4 Å². The Morgan fingerprint density at radius 1 is 1.10 bits per heavy atom. The van der Waals surface area contributed by atoms with Crippen LogP contribution >= 0.6 is 22.9 Å². The van der Waals surface area contributed by atoms with Crippen molar-refractivity contribution in [3.05, 3.63) is 81.8 Å². The zero-order valence-corrected chi connectivity index (χ0v) is 27.4. The normalized spacial score (nSPS) is 14.9. The smallest absolute Gasteiger partial charge is 0.489 e. The van der Waals surface area contributed by atoms with Crippen LogP contribution in [0.2, 0.25) is 5.02 Å². The van der Waals surface area contributed by atoms with Crippen molar-refractivity contribution in [1.82, 2.24) is 15.2 Å². The molecular formula is C33H33ClF3N5O5S. The average Bonchev–Trinajstić information content (AvgIpc) is 3.70. The molecule has 2 amide bonds. The molecule has 4 aromatic rings. The number of likely N-dealkylation sites (tertiary alicyclic amines) is 1. The minimum absolute atomic E-state index is 0.197. The number of aromatic nitrogens is 1. The Kier molecular flexibility index (Phi) is 11.4. The maximum Gasteiger partial charge on any atom is 0.490 e. The largest absolute Gasteiger partial charge is 0.490 e. The number of carbonyl (C=O) groups excluding carboxylic acids is 3. The van der Waals surface area contributed by atoms with Gasteiger partial charge in [0, 0.05) is 66.2 Å². The van der Waals surface area contributed by atoms with Gasteiger partial charge in [0.15, 0.2) is 0 Å². The number of hydrogen-bond donors (Lipinski definition) is 3. The Balaban J connectivity index is 1.13. The minimum Gasteiger partial charge on any atom is -0.489 e. The van der Waals surface area contributed by atoms with E-state index in [4.69, 9.17) is 16.3 Å². The zero-order chi connectivity index (χ0) is 34.3. The standard InChI is InChI=1S/C33H33ClF3N5O5S/c1-38-29-27-21(18-46-24-6-4-5-23(15-24)41-30(43)20-7-9-22(34)10-8-20)19-48-28(27)26(16-40-29)31(44)39-12-2-3-13-42-14-11-25(17-42)47-32(45)33(35,36)37/h4-10,15-16,19,25H,2-3,11-14,17-18H2,1H3,(H,38,40)(H,39,44)(H,41,43). The number of halogens is 4. The van der Waals surface area contributed by atoms with E-state index in [2.05, 4.69) is 25.7 Å². The molecule has 48 heavy (non-hydrogen) atoms. The highest BCUT2D eigenvalue weighted by molar-refractivity contribution is 7.18. The van der Waals surface area contributed by atoms with Crippen LogP contribution in [0.1, 0.15) is 45.5 Å². The van der Waals surface area contributed by atoms with Crippen molar-refractivity contribution >= 4 is 62.3 Å². The fourth-order valence-electron chi connectivity index (χ4n) is 5.26. The number of amides is 2. The molecule has 15 heteroatoms. The Morgan fingerprint density at radius 3 is 2.65 bits per heavy atom. The molecule has 1 saturated heterocycles. The van der Waals surface area contributed by atoms with Gasteiger partial charge in [0.1, 0.15) is 24.3 Å². The lowest BCUT2D eigenvalue weighted by atomic mass is 10.1. The lowest BCUT2D eigenvalue weighted by molar-refractivity contribution is -0.204. The molecule has 0 radical (unpaired) electrons. The molecule has 0 aliphatic carbocycles. The van der Waals surface area contributed by atoms with E-state index in [9.17, 15) is 27.6 Å². The van der Waals surface area contributed by atoms with Gasteiger partial charge in [0.2, 0.25) is 0 Å². The number of alkyl halides is 3. The Hall–Kier alpha value is -4.40. The van der Waals surface area contributed by atoms with Gasteiger partial charge in [0.25, 0.3) is 11.8 Å². The molecule has 2 aromatic carbocycles. The molecule has 3 N–H and O–H groups in total. The number of rotatable bonds is 13. The van der Waals surface area contributed by atoms with Crippen LogP contribution in [0.15, 0.2) is 60.1 Å². The van der Waals surface area contributed by atoms with Crippen LogP contribution in [0.25, 0.3) is 10.1 Å². The number of esters is 1. The van der Waals surface area contributed by atoms with Crippen molar-refractivity contribution in [1.29, 1.82) is 0 Å². The van der Waals surface area contributed by atoms with Crippen molar-refractivity contribution < 1.29 is 37.0 Å². The molecule has 10 nitrogen and oxygen atoms in total. The molecule has 1 fully saturated rings. The van der Waals surface area contributed by atoms with Crippen LogP contribution in [0.3, 0.4) is 0 Å². The fourth-order valence-corrected chi connectivity index (χ4v) is 6.45. The average molecular weight is 704 g/mol. The summed E-state index contributed by atoms with van der Waals surface area (Å²) < 4.78 is 48.7. The van der Waals surface area contributed by atoms with Crippen LogP contribution < -0.4 is 20.7 Å². The lowest BCUT2D eigenvalue weighted by Crippen LogP contribution is -2.32. The van der Waals surface area contributed by atoms with E-state index >= 15 is 0 Å². The number of hydrogen-bond acceptors (Lipinski definition) is 9. The van der Waals surface area contributed by atoms with Crippen molar-refractivity contribution in [2.45, 2.75) is 38.1 Å². The first-order valence-electron chi connectivity index (χ1n) is 15.2. The summed E-state index contributed by atoms with van der Waals surface area (Å²) in [5, 5.41) is 12.1. The summed E-state index contributed by atoms with van der Waals surface area (Å²) >= 11 is 7.33. The van der Waals surface area contributed by atoms with Gasteiger partial charge in [-0.15, -0.1) is 11.3 Å². The lowest BCUT2D eigenvalue weighted by Gasteiger charge is -2.16. The summed E-state index contributed by atoms with van der Waals surface area (Å²) in [6.07, 6.45) is -2.51. The van der Waals surface area contributed by atoms with Gasteiger partial charge in [-0.05, 0) is 67.6 Å². The highest BCUT2D eigenvalue weighted by Gasteiger charge is 2.43. The highest BCUT2D eigenvalue weighted by atomic mass is 35.5. The summed E-state index contributed by atoms with van der Waals surface area (Å²) in [6, 6.07) is 13.6. The number of anilines is 2. The quantitative estimate of drug-likeness (QED) is 0.106. The number of benzene rings is 2. The van der Waals surface area contributed by atoms with Crippen LogP contribution in [0.5, 0.6) is 5.75 Å². The zero-order valence-electron chi connectivity index (χ0n) is 25.9. The molecular weight excluding hydrogens is 671 g/mol. The number of pyridine rings is 1. The van der Waals surface area contributed by atoms with E-state index < -0.39 is 18.2 Å². The van der Waals surface area contributed by atoms with E-state index in [-0.39, 0.29) is 25.0 Å². The highest BCUT2D eigenvalue weighted by Crippen LogP contribution is 2.34. The van der Waals surface area contributed by atoms with Gasteiger partial charge in [-0.2, -0.15) is 13.2 Å². The van der Waals surface area contributed by atoms with E-state index in [1.807, 2.05) is 10.3 Å². The monoisotopic (exact) mass is 703 g/mol. The van der Waals surface area contributed by atoms with Crippen molar-refractivity contribution in [3.8, 4) is 5.75 Å².